The fourth-order valence-electron chi connectivity index (χ4n) is 1.99. The lowest BCUT2D eigenvalue weighted by Crippen LogP contribution is -2.20. The number of nitrogens with one attached hydrogen (secondary N) is 1. The molecule has 0 aromatic heterocycles. The van der Waals surface area contributed by atoms with Crippen LogP contribution in [-0.2, 0) is 10.2 Å². The molecule has 0 radical (unpaired) electrons. The van der Waals surface area contributed by atoms with E-state index in [4.69, 9.17) is 16.3 Å². The maximum atomic E-state index is 11.9. The summed E-state index contributed by atoms with van der Waals surface area (Å²) in [6, 6.07) is 12.9. The van der Waals surface area contributed by atoms with E-state index in [1.165, 1.54) is 5.56 Å². The van der Waals surface area contributed by atoms with Gasteiger partial charge < -0.3 is 10.1 Å². The van der Waals surface area contributed by atoms with Crippen LogP contribution in [0.25, 0.3) is 0 Å². The van der Waals surface area contributed by atoms with Gasteiger partial charge in [-0.1, -0.05) is 44.5 Å². The number of halogens is 2. The van der Waals surface area contributed by atoms with Gasteiger partial charge in [0.25, 0.3) is 5.91 Å². The van der Waals surface area contributed by atoms with Crippen molar-refractivity contribution in [3.63, 3.8) is 0 Å². The summed E-state index contributed by atoms with van der Waals surface area (Å²) in [6.45, 7) is 6.37. The first-order valence-corrected chi connectivity index (χ1v) is 8.41. The third kappa shape index (κ3) is 5.26. The first kappa shape index (κ1) is 17.8. The van der Waals surface area contributed by atoms with Gasteiger partial charge in [0.2, 0.25) is 0 Å². The van der Waals surface area contributed by atoms with E-state index < -0.39 is 0 Å². The Bertz CT molecular complexity index is 710. The fourth-order valence-corrected chi connectivity index (χ4v) is 2.67. The van der Waals surface area contributed by atoms with E-state index in [0.29, 0.717) is 16.5 Å². The number of hydrogen-bond donors (Lipinski definition) is 1. The van der Waals surface area contributed by atoms with Gasteiger partial charge in [-0.15, -0.1) is 0 Å². The lowest BCUT2D eigenvalue weighted by Gasteiger charge is -2.20. The van der Waals surface area contributed by atoms with E-state index in [9.17, 15) is 4.79 Å². The standard InChI is InChI=1S/C18H19BrClNO2/c1-18(2,3)12-7-8-16(15(19)9-12)23-11-17(22)21-14-6-4-5-13(20)10-14/h4-10H,11H2,1-3H3,(H,21,22). The van der Waals surface area contributed by atoms with Crippen LogP contribution in [0.2, 0.25) is 5.02 Å². The monoisotopic (exact) mass is 395 g/mol. The summed E-state index contributed by atoms with van der Waals surface area (Å²) in [5, 5.41) is 3.32. The molecule has 2 aromatic rings. The molecule has 1 N–H and O–H groups in total. The van der Waals surface area contributed by atoms with Gasteiger partial charge in [0, 0.05) is 10.7 Å². The molecule has 0 saturated heterocycles. The van der Waals surface area contributed by atoms with Crippen molar-refractivity contribution in [2.45, 2.75) is 26.2 Å². The second-order valence-electron chi connectivity index (χ2n) is 6.24. The van der Waals surface area contributed by atoms with Crippen molar-refractivity contribution in [3.05, 3.63) is 57.5 Å². The molecule has 0 fully saturated rings. The van der Waals surface area contributed by atoms with E-state index in [0.717, 1.165) is 4.47 Å². The summed E-state index contributed by atoms with van der Waals surface area (Å²) < 4.78 is 6.41. The van der Waals surface area contributed by atoms with Gasteiger partial charge in [0.05, 0.1) is 4.47 Å². The zero-order valence-corrected chi connectivity index (χ0v) is 15.7. The maximum absolute atomic E-state index is 11.9. The molecule has 0 saturated carbocycles. The van der Waals surface area contributed by atoms with Crippen LogP contribution in [0.5, 0.6) is 5.75 Å². The molecule has 0 aliphatic heterocycles. The molecule has 5 heteroatoms. The van der Waals surface area contributed by atoms with Crippen molar-refractivity contribution in [1.82, 2.24) is 0 Å². The largest absolute Gasteiger partial charge is 0.483 e. The van der Waals surface area contributed by atoms with Gasteiger partial charge in [-0.05, 0) is 57.2 Å². The van der Waals surface area contributed by atoms with Crippen molar-refractivity contribution in [2.75, 3.05) is 11.9 Å². The zero-order valence-electron chi connectivity index (χ0n) is 13.3. The van der Waals surface area contributed by atoms with Crippen LogP contribution < -0.4 is 10.1 Å². The van der Waals surface area contributed by atoms with Gasteiger partial charge in [0.15, 0.2) is 6.61 Å². The average Bonchev–Trinajstić information content (AvgIpc) is 2.45. The van der Waals surface area contributed by atoms with E-state index in [1.807, 2.05) is 18.2 Å². The Morgan fingerprint density at radius 3 is 2.57 bits per heavy atom. The predicted octanol–water partition coefficient (Wildman–Crippen LogP) is 5.42. The maximum Gasteiger partial charge on any atom is 0.262 e. The zero-order chi connectivity index (χ0) is 17.0. The Labute approximate surface area is 150 Å². The summed E-state index contributed by atoms with van der Waals surface area (Å²) in [7, 11) is 0. The smallest absolute Gasteiger partial charge is 0.262 e. The quantitative estimate of drug-likeness (QED) is 0.749. The minimum absolute atomic E-state index is 0.0605. The Balaban J connectivity index is 1.97. The minimum Gasteiger partial charge on any atom is -0.483 e. The van der Waals surface area contributed by atoms with Crippen molar-refractivity contribution in [2.24, 2.45) is 0 Å². The molecule has 0 spiro atoms. The normalized spacial score (nSPS) is 11.2. The fraction of sp³-hybridized carbons (Fsp3) is 0.278. The molecule has 0 atom stereocenters. The second-order valence-corrected chi connectivity index (χ2v) is 7.53. The minimum atomic E-state index is -0.237. The first-order chi connectivity index (χ1) is 10.8. The topological polar surface area (TPSA) is 38.3 Å². The number of ether oxygens (including phenoxy) is 1. The highest BCUT2D eigenvalue weighted by atomic mass is 79.9. The number of hydrogen-bond acceptors (Lipinski definition) is 2. The molecular weight excluding hydrogens is 378 g/mol. The van der Waals surface area contributed by atoms with E-state index in [2.05, 4.69) is 42.0 Å². The number of anilines is 1. The Morgan fingerprint density at radius 1 is 1.22 bits per heavy atom. The molecular formula is C18H19BrClNO2. The highest BCUT2D eigenvalue weighted by Crippen LogP contribution is 2.31. The van der Waals surface area contributed by atoms with Gasteiger partial charge >= 0.3 is 0 Å². The first-order valence-electron chi connectivity index (χ1n) is 7.24. The van der Waals surface area contributed by atoms with Crippen LogP contribution in [0.15, 0.2) is 46.9 Å². The SMILES string of the molecule is CC(C)(C)c1ccc(OCC(=O)Nc2cccc(Cl)c2)c(Br)c1. The van der Waals surface area contributed by atoms with Crippen LogP contribution in [-0.4, -0.2) is 12.5 Å². The summed E-state index contributed by atoms with van der Waals surface area (Å²) in [5.74, 6) is 0.401. The number of amides is 1. The summed E-state index contributed by atoms with van der Waals surface area (Å²) in [6.07, 6.45) is 0. The van der Waals surface area contributed by atoms with Crippen molar-refractivity contribution in [3.8, 4) is 5.75 Å². The van der Waals surface area contributed by atoms with Gasteiger partial charge in [-0.25, -0.2) is 0 Å². The Morgan fingerprint density at radius 2 is 1.96 bits per heavy atom. The van der Waals surface area contributed by atoms with Crippen molar-refractivity contribution in [1.29, 1.82) is 0 Å². The van der Waals surface area contributed by atoms with E-state index in [-0.39, 0.29) is 17.9 Å². The molecule has 1 amide bonds. The molecule has 3 nitrogen and oxygen atoms in total. The highest BCUT2D eigenvalue weighted by molar-refractivity contribution is 9.10. The number of rotatable bonds is 4. The Hall–Kier alpha value is -1.52. The predicted molar refractivity (Wildman–Crippen MR) is 98.4 cm³/mol. The summed E-state index contributed by atoms with van der Waals surface area (Å²) >= 11 is 9.38. The van der Waals surface area contributed by atoms with Gasteiger partial charge in [-0.2, -0.15) is 0 Å². The molecule has 0 aliphatic carbocycles. The van der Waals surface area contributed by atoms with Crippen molar-refractivity contribution >= 4 is 39.1 Å². The lowest BCUT2D eigenvalue weighted by molar-refractivity contribution is -0.118. The third-order valence-corrected chi connectivity index (χ3v) is 4.12. The number of benzene rings is 2. The molecule has 23 heavy (non-hydrogen) atoms. The summed E-state index contributed by atoms with van der Waals surface area (Å²) in [4.78, 5) is 11.9. The molecule has 122 valence electrons. The molecule has 2 aromatic carbocycles. The molecule has 0 heterocycles. The van der Waals surface area contributed by atoms with Crippen LogP contribution >= 0.6 is 27.5 Å². The lowest BCUT2D eigenvalue weighted by atomic mass is 9.87. The van der Waals surface area contributed by atoms with Gasteiger partial charge in [0.1, 0.15) is 5.75 Å². The van der Waals surface area contributed by atoms with E-state index in [1.54, 1.807) is 24.3 Å². The second kappa shape index (κ2) is 7.37. The highest BCUT2D eigenvalue weighted by Gasteiger charge is 2.15. The van der Waals surface area contributed by atoms with Crippen molar-refractivity contribution < 1.29 is 9.53 Å². The van der Waals surface area contributed by atoms with Crippen LogP contribution in [0, 0.1) is 0 Å². The van der Waals surface area contributed by atoms with Crippen LogP contribution in [0.1, 0.15) is 26.3 Å². The van der Waals surface area contributed by atoms with Gasteiger partial charge in [-0.3, -0.25) is 4.79 Å². The molecule has 0 unspecified atom stereocenters. The van der Waals surface area contributed by atoms with Crippen LogP contribution in [0.4, 0.5) is 5.69 Å². The molecule has 0 aliphatic rings. The average molecular weight is 397 g/mol. The molecule has 0 bridgehead atoms. The number of carbonyl (C=O) groups excluding carboxylic acids is 1. The number of carbonyl (C=O) groups is 1. The van der Waals surface area contributed by atoms with E-state index >= 15 is 0 Å². The third-order valence-electron chi connectivity index (χ3n) is 3.27. The molecule has 2 rings (SSSR count). The summed E-state index contributed by atoms with van der Waals surface area (Å²) in [5.41, 5.74) is 1.90. The Kier molecular flexibility index (Phi) is 5.71. The van der Waals surface area contributed by atoms with Crippen LogP contribution in [0.3, 0.4) is 0 Å².